The molecule has 0 radical (unpaired) electrons. The summed E-state index contributed by atoms with van der Waals surface area (Å²) in [6.45, 7) is 11.4. The van der Waals surface area contributed by atoms with E-state index >= 15 is 0 Å². The van der Waals surface area contributed by atoms with Crippen LogP contribution in [0.4, 0.5) is 0 Å². The van der Waals surface area contributed by atoms with Crippen molar-refractivity contribution in [2.75, 3.05) is 6.54 Å². The molecule has 0 fully saturated rings. The molecule has 0 unspecified atom stereocenters. The third kappa shape index (κ3) is 4.46. The molecule has 1 heterocycles. The maximum Gasteiger partial charge on any atom is 0.244 e. The summed E-state index contributed by atoms with van der Waals surface area (Å²) in [5, 5.41) is 4.00. The number of aryl methyl sites for hydroxylation is 4. The fourth-order valence-corrected chi connectivity index (χ4v) is 5.16. The molecule has 0 aliphatic heterocycles. The highest BCUT2D eigenvalue weighted by atomic mass is 32.2. The Balaban J connectivity index is 1.93. The van der Waals surface area contributed by atoms with Gasteiger partial charge in [-0.1, -0.05) is 58.8 Å². The number of benzene rings is 2. The topological polar surface area (TPSA) is 76.3 Å². The summed E-state index contributed by atoms with van der Waals surface area (Å²) in [4.78, 5) is 4.69. The first-order valence-corrected chi connectivity index (χ1v) is 10.7. The van der Waals surface area contributed by atoms with Gasteiger partial charge in [-0.2, -0.15) is 9.29 Å². The molecule has 29 heavy (non-hydrogen) atoms. The molecule has 1 aromatic heterocycles. The van der Waals surface area contributed by atoms with E-state index in [1.54, 1.807) is 19.9 Å². The number of hydrogen-bond acceptors (Lipinski definition) is 5. The second-order valence-electron chi connectivity index (χ2n) is 7.19. The van der Waals surface area contributed by atoms with Gasteiger partial charge in [-0.25, -0.2) is 8.42 Å². The van der Waals surface area contributed by atoms with Crippen molar-refractivity contribution in [1.82, 2.24) is 14.4 Å². The van der Waals surface area contributed by atoms with Gasteiger partial charge in [0.05, 0.1) is 11.4 Å². The molecular formula is C22H25N3O3S. The lowest BCUT2D eigenvalue weighted by molar-refractivity contribution is 0.327. The van der Waals surface area contributed by atoms with Crippen molar-refractivity contribution in [2.24, 2.45) is 0 Å². The monoisotopic (exact) mass is 411 g/mol. The maximum atomic E-state index is 13.4. The van der Waals surface area contributed by atoms with Crippen molar-refractivity contribution in [1.29, 1.82) is 0 Å². The summed E-state index contributed by atoms with van der Waals surface area (Å²) < 4.78 is 33.4. The van der Waals surface area contributed by atoms with E-state index in [0.29, 0.717) is 21.8 Å². The SMILES string of the molecule is C=CCN(Cc1nc(-c2ccc(C)cc2)no1)S(=O)(=O)c1c(C)cc(C)cc1C. The number of aromatic nitrogens is 2. The number of rotatable bonds is 7. The largest absolute Gasteiger partial charge is 0.338 e. The molecule has 0 N–H and O–H groups in total. The van der Waals surface area contributed by atoms with Crippen LogP contribution in [0.25, 0.3) is 11.4 Å². The zero-order valence-electron chi connectivity index (χ0n) is 17.1. The second-order valence-corrected chi connectivity index (χ2v) is 9.07. The molecule has 6 nitrogen and oxygen atoms in total. The minimum absolute atomic E-state index is 0.0278. The quantitative estimate of drug-likeness (QED) is 0.540. The highest BCUT2D eigenvalue weighted by Gasteiger charge is 2.29. The third-order valence-electron chi connectivity index (χ3n) is 4.62. The van der Waals surface area contributed by atoms with Gasteiger partial charge < -0.3 is 4.52 Å². The molecule has 152 valence electrons. The van der Waals surface area contributed by atoms with Gasteiger partial charge in [-0.3, -0.25) is 0 Å². The van der Waals surface area contributed by atoms with E-state index in [1.165, 1.54) is 4.31 Å². The molecule has 2 aromatic carbocycles. The molecule has 0 spiro atoms. The van der Waals surface area contributed by atoms with Crippen LogP contribution < -0.4 is 0 Å². The fourth-order valence-electron chi connectivity index (χ4n) is 3.38. The number of sulfonamides is 1. The van der Waals surface area contributed by atoms with Crippen LogP contribution in [0, 0.1) is 27.7 Å². The van der Waals surface area contributed by atoms with Crippen LogP contribution in [-0.4, -0.2) is 29.4 Å². The number of hydrogen-bond donors (Lipinski definition) is 0. The Morgan fingerprint density at radius 3 is 2.24 bits per heavy atom. The van der Waals surface area contributed by atoms with E-state index < -0.39 is 10.0 Å². The van der Waals surface area contributed by atoms with Gasteiger partial charge in [0, 0.05) is 12.1 Å². The van der Waals surface area contributed by atoms with Crippen molar-refractivity contribution in [3.05, 3.63) is 77.2 Å². The van der Waals surface area contributed by atoms with E-state index in [1.807, 2.05) is 50.2 Å². The second kappa shape index (κ2) is 8.31. The van der Waals surface area contributed by atoms with Gasteiger partial charge in [0.15, 0.2) is 0 Å². The average Bonchev–Trinajstić information content (AvgIpc) is 3.09. The maximum absolute atomic E-state index is 13.4. The lowest BCUT2D eigenvalue weighted by Crippen LogP contribution is -2.32. The Morgan fingerprint density at radius 1 is 1.03 bits per heavy atom. The molecule has 0 amide bonds. The van der Waals surface area contributed by atoms with Crippen LogP contribution in [0.2, 0.25) is 0 Å². The molecule has 0 atom stereocenters. The van der Waals surface area contributed by atoms with Gasteiger partial charge in [0.25, 0.3) is 0 Å². The van der Waals surface area contributed by atoms with Crippen molar-refractivity contribution in [3.8, 4) is 11.4 Å². The Labute approximate surface area is 171 Å². The smallest absolute Gasteiger partial charge is 0.244 e. The van der Waals surface area contributed by atoms with E-state index in [-0.39, 0.29) is 19.0 Å². The minimum Gasteiger partial charge on any atom is -0.338 e. The predicted octanol–water partition coefficient (Wildman–Crippen LogP) is 4.35. The summed E-state index contributed by atoms with van der Waals surface area (Å²) >= 11 is 0. The first-order valence-electron chi connectivity index (χ1n) is 9.31. The average molecular weight is 412 g/mol. The zero-order valence-corrected chi connectivity index (χ0v) is 18.0. The summed E-state index contributed by atoms with van der Waals surface area (Å²) in [6, 6.07) is 11.5. The fraction of sp³-hybridized carbons (Fsp3) is 0.273. The normalized spacial score (nSPS) is 11.8. The van der Waals surface area contributed by atoms with Gasteiger partial charge in [-0.15, -0.1) is 6.58 Å². The Morgan fingerprint density at radius 2 is 1.66 bits per heavy atom. The molecule has 3 aromatic rings. The van der Waals surface area contributed by atoms with Crippen molar-refractivity contribution < 1.29 is 12.9 Å². The van der Waals surface area contributed by atoms with E-state index in [9.17, 15) is 8.42 Å². The molecule has 3 rings (SSSR count). The summed E-state index contributed by atoms with van der Waals surface area (Å²) in [7, 11) is -3.77. The summed E-state index contributed by atoms with van der Waals surface area (Å²) in [5.41, 5.74) is 4.39. The number of nitrogens with zero attached hydrogens (tertiary/aromatic N) is 3. The lowest BCUT2D eigenvalue weighted by atomic mass is 10.1. The van der Waals surface area contributed by atoms with E-state index in [2.05, 4.69) is 16.7 Å². The molecular weight excluding hydrogens is 386 g/mol. The molecule has 7 heteroatoms. The third-order valence-corrected chi connectivity index (χ3v) is 6.74. The Bertz CT molecular complexity index is 1110. The van der Waals surface area contributed by atoms with Crippen LogP contribution in [0.1, 0.15) is 28.1 Å². The highest BCUT2D eigenvalue weighted by Crippen LogP contribution is 2.26. The van der Waals surface area contributed by atoms with Crippen molar-refractivity contribution in [3.63, 3.8) is 0 Å². The van der Waals surface area contributed by atoms with Crippen molar-refractivity contribution >= 4 is 10.0 Å². The first kappa shape index (κ1) is 21.0. The molecule has 0 bridgehead atoms. The molecule has 0 aliphatic rings. The zero-order chi connectivity index (χ0) is 21.2. The van der Waals surface area contributed by atoms with Crippen LogP contribution >= 0.6 is 0 Å². The van der Waals surface area contributed by atoms with Crippen LogP contribution in [0.15, 0.2) is 58.5 Å². The van der Waals surface area contributed by atoms with Gasteiger partial charge in [0.2, 0.25) is 21.7 Å². The van der Waals surface area contributed by atoms with Gasteiger partial charge in [0.1, 0.15) is 0 Å². The standard InChI is InChI=1S/C22H25N3O3S/c1-6-11-25(29(26,27)21-17(4)12-16(3)13-18(21)5)14-20-23-22(24-28-20)19-9-7-15(2)8-10-19/h6-10,12-13H,1,11,14H2,2-5H3. The first-order chi connectivity index (χ1) is 13.7. The van der Waals surface area contributed by atoms with Crippen molar-refractivity contribution in [2.45, 2.75) is 39.1 Å². The van der Waals surface area contributed by atoms with Crippen LogP contribution in [0.5, 0.6) is 0 Å². The minimum atomic E-state index is -3.77. The lowest BCUT2D eigenvalue weighted by Gasteiger charge is -2.22. The highest BCUT2D eigenvalue weighted by molar-refractivity contribution is 7.89. The summed E-state index contributed by atoms with van der Waals surface area (Å²) in [6.07, 6.45) is 1.55. The molecule has 0 saturated carbocycles. The Kier molecular flexibility index (Phi) is 6.00. The molecule has 0 saturated heterocycles. The van der Waals surface area contributed by atoms with E-state index in [4.69, 9.17) is 4.52 Å². The van der Waals surface area contributed by atoms with Gasteiger partial charge >= 0.3 is 0 Å². The van der Waals surface area contributed by atoms with E-state index in [0.717, 1.165) is 16.7 Å². The predicted molar refractivity (Wildman–Crippen MR) is 113 cm³/mol. The Hall–Kier alpha value is -2.77. The summed E-state index contributed by atoms with van der Waals surface area (Å²) in [5.74, 6) is 0.659. The molecule has 0 aliphatic carbocycles. The van der Waals surface area contributed by atoms with Gasteiger partial charge in [-0.05, 0) is 38.8 Å². The van der Waals surface area contributed by atoms with Crippen LogP contribution in [0.3, 0.4) is 0 Å². The van der Waals surface area contributed by atoms with Crippen LogP contribution in [-0.2, 0) is 16.6 Å².